The second-order valence-corrected chi connectivity index (χ2v) is 8.91. The van der Waals surface area contributed by atoms with E-state index >= 15 is 0 Å². The van der Waals surface area contributed by atoms with Gasteiger partial charge in [-0.05, 0) is 49.4 Å². The summed E-state index contributed by atoms with van der Waals surface area (Å²) >= 11 is 0. The first-order valence-corrected chi connectivity index (χ1v) is 11.4. The number of anilines is 1. The van der Waals surface area contributed by atoms with Crippen LogP contribution in [0.25, 0.3) is 0 Å². The minimum atomic E-state index is -1.59. The number of aryl methyl sites for hydroxylation is 1. The lowest BCUT2D eigenvalue weighted by atomic mass is 9.76. The molecule has 0 N–H and O–H groups in total. The second-order valence-electron chi connectivity index (χ2n) is 8.91. The van der Waals surface area contributed by atoms with Gasteiger partial charge in [0, 0.05) is 13.8 Å². The lowest BCUT2D eigenvalue weighted by Crippen LogP contribution is -2.52. The van der Waals surface area contributed by atoms with Crippen LogP contribution in [0.15, 0.2) is 70.9 Å². The Bertz CT molecular complexity index is 1290. The molecule has 10 heteroatoms. The van der Waals surface area contributed by atoms with Gasteiger partial charge < -0.3 is 14.2 Å². The predicted molar refractivity (Wildman–Crippen MR) is 125 cm³/mol. The van der Waals surface area contributed by atoms with Gasteiger partial charge in [-0.1, -0.05) is 23.8 Å². The Morgan fingerprint density at radius 3 is 2.03 bits per heavy atom. The molecule has 0 aliphatic carbocycles. The van der Waals surface area contributed by atoms with Crippen molar-refractivity contribution in [3.05, 3.63) is 66.2 Å². The van der Waals surface area contributed by atoms with Gasteiger partial charge >= 0.3 is 11.9 Å². The Hall–Kier alpha value is -4.18. The van der Waals surface area contributed by atoms with Crippen molar-refractivity contribution in [3.63, 3.8) is 0 Å². The molecule has 36 heavy (non-hydrogen) atoms. The van der Waals surface area contributed by atoms with Crippen molar-refractivity contribution in [2.45, 2.75) is 38.8 Å². The third-order valence-electron chi connectivity index (χ3n) is 6.41. The van der Waals surface area contributed by atoms with Crippen LogP contribution in [-0.2, 0) is 33.4 Å². The fourth-order valence-corrected chi connectivity index (χ4v) is 4.87. The van der Waals surface area contributed by atoms with Crippen LogP contribution < -0.4 is 4.90 Å². The maximum absolute atomic E-state index is 13.6. The summed E-state index contributed by atoms with van der Waals surface area (Å²) in [6, 6.07) is 14.1. The molecule has 2 bridgehead atoms. The van der Waals surface area contributed by atoms with Crippen molar-refractivity contribution in [1.29, 1.82) is 0 Å². The summed E-state index contributed by atoms with van der Waals surface area (Å²) in [4.78, 5) is 51.4. The minimum absolute atomic E-state index is 0.361. The average molecular weight is 489 g/mol. The van der Waals surface area contributed by atoms with E-state index in [9.17, 15) is 19.2 Å². The van der Waals surface area contributed by atoms with Gasteiger partial charge in [-0.2, -0.15) is 10.2 Å². The molecule has 4 atom stereocenters. The Kier molecular flexibility index (Phi) is 5.76. The SMILES string of the molecule is CC(=O)OC(OC(C)=O)[C@@]12C=C[C@@H](O1)[C@H]1C(=O)N(c3ccc(N=Nc4ccc(C)cc4)cc3)C(=O)[C@H]12. The number of amides is 2. The van der Waals surface area contributed by atoms with Crippen LogP contribution in [0.5, 0.6) is 0 Å². The van der Waals surface area contributed by atoms with E-state index in [4.69, 9.17) is 14.2 Å². The molecule has 3 aliphatic rings. The largest absolute Gasteiger partial charge is 0.422 e. The summed E-state index contributed by atoms with van der Waals surface area (Å²) in [5, 5.41) is 8.40. The van der Waals surface area contributed by atoms with Crippen molar-refractivity contribution in [2.24, 2.45) is 22.1 Å². The summed E-state index contributed by atoms with van der Waals surface area (Å²) in [6.45, 7) is 4.29. The van der Waals surface area contributed by atoms with Crippen molar-refractivity contribution in [2.75, 3.05) is 4.90 Å². The average Bonchev–Trinajstić information content (AvgIpc) is 3.49. The number of benzene rings is 2. The molecule has 0 unspecified atom stereocenters. The summed E-state index contributed by atoms with van der Waals surface area (Å²) in [7, 11) is 0. The number of carbonyl (C=O) groups excluding carboxylic acids is 4. The normalized spacial score (nSPS) is 26.2. The Labute approximate surface area is 206 Å². The number of carbonyl (C=O) groups is 4. The smallest absolute Gasteiger partial charge is 0.305 e. The van der Waals surface area contributed by atoms with Crippen LogP contribution in [0.3, 0.4) is 0 Å². The molecule has 10 nitrogen and oxygen atoms in total. The maximum atomic E-state index is 13.6. The molecule has 0 spiro atoms. The molecule has 184 valence electrons. The van der Waals surface area contributed by atoms with E-state index in [2.05, 4.69) is 10.2 Å². The van der Waals surface area contributed by atoms with E-state index < -0.39 is 53.6 Å². The number of hydrogen-bond acceptors (Lipinski definition) is 9. The van der Waals surface area contributed by atoms with E-state index in [1.54, 1.807) is 36.4 Å². The molecule has 3 aliphatic heterocycles. The maximum Gasteiger partial charge on any atom is 0.305 e. The third-order valence-corrected chi connectivity index (χ3v) is 6.41. The number of azo groups is 1. The lowest BCUT2D eigenvalue weighted by Gasteiger charge is -2.34. The number of rotatable bonds is 6. The Morgan fingerprint density at radius 1 is 0.917 bits per heavy atom. The highest BCUT2D eigenvalue weighted by atomic mass is 16.7. The molecule has 2 fully saturated rings. The van der Waals surface area contributed by atoms with Gasteiger partial charge in [-0.25, -0.2) is 4.90 Å². The van der Waals surface area contributed by atoms with Crippen LogP contribution in [0, 0.1) is 18.8 Å². The van der Waals surface area contributed by atoms with Gasteiger partial charge in [0.1, 0.15) is 0 Å². The van der Waals surface area contributed by atoms with Crippen molar-refractivity contribution in [3.8, 4) is 0 Å². The first-order chi connectivity index (χ1) is 17.2. The van der Waals surface area contributed by atoms with E-state index in [-0.39, 0.29) is 0 Å². The fourth-order valence-electron chi connectivity index (χ4n) is 4.87. The molecule has 2 aromatic rings. The number of fused-ring (bicyclic) bond motifs is 5. The molecule has 0 radical (unpaired) electrons. The van der Waals surface area contributed by atoms with Crippen LogP contribution in [0.1, 0.15) is 19.4 Å². The van der Waals surface area contributed by atoms with Crippen LogP contribution in [-0.4, -0.2) is 41.7 Å². The monoisotopic (exact) mass is 489 g/mol. The van der Waals surface area contributed by atoms with E-state index in [0.29, 0.717) is 17.1 Å². The van der Waals surface area contributed by atoms with Crippen molar-refractivity contribution >= 4 is 40.8 Å². The first kappa shape index (κ1) is 23.6. The molecular formula is C26H23N3O7. The minimum Gasteiger partial charge on any atom is -0.422 e. The van der Waals surface area contributed by atoms with Gasteiger partial charge in [-0.15, -0.1) is 0 Å². The Morgan fingerprint density at radius 2 is 1.47 bits per heavy atom. The topological polar surface area (TPSA) is 124 Å². The van der Waals surface area contributed by atoms with Crippen molar-refractivity contribution < 1.29 is 33.4 Å². The molecular weight excluding hydrogens is 466 g/mol. The highest BCUT2D eigenvalue weighted by molar-refractivity contribution is 6.23. The summed E-state index contributed by atoms with van der Waals surface area (Å²) in [6.07, 6.45) is 0.945. The summed E-state index contributed by atoms with van der Waals surface area (Å²) < 4.78 is 16.4. The van der Waals surface area contributed by atoms with Crippen molar-refractivity contribution in [1.82, 2.24) is 0 Å². The zero-order chi connectivity index (χ0) is 25.6. The standard InChI is InChI=1S/C26H23N3O7/c1-14-4-6-17(7-5-14)27-28-18-8-10-19(11-9-18)29-23(32)21-20-12-13-26(36-20,22(21)24(29)33)25(34-15(2)30)35-16(3)31/h4-13,20-22,25H,1-3H3/t20-,21-,22+,26+/m1/s1. The zero-order valence-corrected chi connectivity index (χ0v) is 19.8. The second kappa shape index (κ2) is 8.80. The molecule has 0 aromatic heterocycles. The highest BCUT2D eigenvalue weighted by Gasteiger charge is 2.72. The van der Waals surface area contributed by atoms with Gasteiger partial charge in [0.25, 0.3) is 6.29 Å². The molecule has 2 aromatic carbocycles. The van der Waals surface area contributed by atoms with Gasteiger partial charge in [0.05, 0.1) is 35.0 Å². The van der Waals surface area contributed by atoms with E-state index in [0.717, 1.165) is 24.3 Å². The number of nitrogens with zero attached hydrogens (tertiary/aromatic N) is 3. The summed E-state index contributed by atoms with van der Waals surface area (Å²) in [5.41, 5.74) is 1.14. The number of imide groups is 1. The van der Waals surface area contributed by atoms with Crippen LogP contribution in [0.4, 0.5) is 17.1 Å². The number of hydrogen-bond donors (Lipinski definition) is 0. The van der Waals surface area contributed by atoms with Gasteiger partial charge in [-0.3, -0.25) is 19.2 Å². The number of esters is 2. The van der Waals surface area contributed by atoms with E-state index in [1.165, 1.54) is 0 Å². The lowest BCUT2D eigenvalue weighted by molar-refractivity contribution is -0.226. The number of ether oxygens (including phenoxy) is 3. The van der Waals surface area contributed by atoms with Gasteiger partial charge in [0.2, 0.25) is 11.8 Å². The quantitative estimate of drug-likeness (QED) is 0.199. The molecule has 3 heterocycles. The van der Waals surface area contributed by atoms with Crippen LogP contribution >= 0.6 is 0 Å². The molecule has 0 saturated carbocycles. The fraction of sp³-hybridized carbons (Fsp3) is 0.308. The van der Waals surface area contributed by atoms with E-state index in [1.807, 2.05) is 31.2 Å². The molecule has 2 saturated heterocycles. The highest BCUT2D eigenvalue weighted by Crippen LogP contribution is 2.54. The first-order valence-electron chi connectivity index (χ1n) is 11.4. The van der Waals surface area contributed by atoms with Gasteiger partial charge in [0.15, 0.2) is 5.60 Å². The predicted octanol–water partition coefficient (Wildman–Crippen LogP) is 3.68. The molecule has 2 amide bonds. The third kappa shape index (κ3) is 3.89. The van der Waals surface area contributed by atoms with Crippen LogP contribution in [0.2, 0.25) is 0 Å². The zero-order valence-electron chi connectivity index (χ0n) is 19.8. The molecule has 5 rings (SSSR count). The summed E-state index contributed by atoms with van der Waals surface area (Å²) in [5.74, 6) is -4.27. The Balaban J connectivity index is 1.40.